The summed E-state index contributed by atoms with van der Waals surface area (Å²) in [5.74, 6) is 1.48. The fourth-order valence-electron chi connectivity index (χ4n) is 3.89. The van der Waals surface area contributed by atoms with Crippen LogP contribution >= 0.6 is 35.4 Å². The molecule has 2 atom stereocenters. The summed E-state index contributed by atoms with van der Waals surface area (Å²) in [6.07, 6.45) is 1.75. The van der Waals surface area contributed by atoms with Gasteiger partial charge in [-0.15, -0.1) is 0 Å². The van der Waals surface area contributed by atoms with Crippen molar-refractivity contribution in [3.63, 3.8) is 0 Å². The van der Waals surface area contributed by atoms with Crippen LogP contribution in [0.4, 0.5) is 5.69 Å². The summed E-state index contributed by atoms with van der Waals surface area (Å²) in [7, 11) is 0. The van der Waals surface area contributed by atoms with Crippen LogP contribution in [-0.4, -0.2) is 15.2 Å². The van der Waals surface area contributed by atoms with Crippen LogP contribution in [0.15, 0.2) is 83.4 Å². The zero-order valence-corrected chi connectivity index (χ0v) is 18.9. The largest absolute Gasteiger partial charge is 0.508 e. The van der Waals surface area contributed by atoms with Crippen molar-refractivity contribution >= 4 is 46.2 Å². The maximum atomic E-state index is 9.74. The van der Waals surface area contributed by atoms with Crippen molar-refractivity contribution in [3.8, 4) is 17.1 Å². The molecule has 32 heavy (non-hydrogen) atoms. The maximum absolute atomic E-state index is 9.74. The van der Waals surface area contributed by atoms with E-state index in [0.29, 0.717) is 32.2 Å². The second-order valence-corrected chi connectivity index (χ2v) is 8.49. The lowest BCUT2D eigenvalue weighted by Crippen LogP contribution is -2.29. The van der Waals surface area contributed by atoms with Crippen LogP contribution < -0.4 is 10.2 Å². The predicted octanol–water partition coefficient (Wildman–Crippen LogP) is 6.53. The van der Waals surface area contributed by atoms with Crippen LogP contribution in [0.3, 0.4) is 0 Å². The Labute approximate surface area is 200 Å². The lowest BCUT2D eigenvalue weighted by atomic mass is 10.0. The Kier molecular flexibility index (Phi) is 5.51. The lowest BCUT2D eigenvalue weighted by molar-refractivity contribution is 0.439. The summed E-state index contributed by atoms with van der Waals surface area (Å²) in [6.45, 7) is 0. The van der Waals surface area contributed by atoms with Gasteiger partial charge in [0.2, 0.25) is 0 Å². The molecule has 0 aliphatic carbocycles. The molecule has 0 radical (unpaired) electrons. The summed E-state index contributed by atoms with van der Waals surface area (Å²) < 4.78 is 6.30. The lowest BCUT2D eigenvalue weighted by Gasteiger charge is -2.26. The summed E-state index contributed by atoms with van der Waals surface area (Å²) in [6, 6.07) is 21.3. The first-order valence-electron chi connectivity index (χ1n) is 9.87. The van der Waals surface area contributed by atoms with E-state index in [-0.39, 0.29) is 17.8 Å². The SMILES string of the molecule is Oc1ccc(N2C(=S)N[C@H](c3ccccn3)[C@@H]2c2ccc(-c3cccc(Cl)c3Cl)o2)cc1. The first kappa shape index (κ1) is 20.8. The number of anilines is 1. The van der Waals surface area contributed by atoms with E-state index in [1.54, 1.807) is 24.4 Å². The highest BCUT2D eigenvalue weighted by molar-refractivity contribution is 7.80. The number of phenolic OH excluding ortho intramolecular Hbond substituents is 1. The fourth-order valence-corrected chi connectivity index (χ4v) is 4.63. The van der Waals surface area contributed by atoms with Crippen molar-refractivity contribution in [3.05, 3.63) is 100 Å². The van der Waals surface area contributed by atoms with Crippen molar-refractivity contribution < 1.29 is 9.52 Å². The molecule has 2 N–H and O–H groups in total. The van der Waals surface area contributed by atoms with Crippen LogP contribution in [0.2, 0.25) is 10.0 Å². The molecule has 0 spiro atoms. The third-order valence-electron chi connectivity index (χ3n) is 5.36. The third-order valence-corrected chi connectivity index (χ3v) is 6.49. The van der Waals surface area contributed by atoms with Crippen molar-refractivity contribution in [2.45, 2.75) is 12.1 Å². The number of aromatic hydroxyl groups is 1. The molecule has 0 saturated carbocycles. The standard InChI is InChI=1S/C24H17Cl2N3O2S/c25-17-5-3-4-16(21(17)26)19-11-12-20(31-19)23-22(18-6-1-2-13-27-18)28-24(32)29(23)14-7-9-15(30)10-8-14/h1-13,22-23,30H,(H,28,32)/t22-,23+/m1/s1. The van der Waals surface area contributed by atoms with Gasteiger partial charge in [0.1, 0.15) is 23.3 Å². The fraction of sp³-hybridized carbons (Fsp3) is 0.0833. The molecule has 2 aromatic carbocycles. The van der Waals surface area contributed by atoms with E-state index in [0.717, 1.165) is 11.4 Å². The number of pyridine rings is 1. The Hall–Kier alpha value is -3.06. The van der Waals surface area contributed by atoms with Crippen LogP contribution in [0.1, 0.15) is 23.5 Å². The molecule has 0 bridgehead atoms. The molecule has 8 heteroatoms. The molecule has 1 fully saturated rings. The number of hydrogen-bond acceptors (Lipinski definition) is 4. The van der Waals surface area contributed by atoms with Crippen LogP contribution in [0.5, 0.6) is 5.75 Å². The number of halogens is 2. The number of rotatable bonds is 4. The molecule has 5 nitrogen and oxygen atoms in total. The van der Waals surface area contributed by atoms with Crippen LogP contribution in [-0.2, 0) is 0 Å². The Balaban J connectivity index is 1.61. The summed E-state index contributed by atoms with van der Waals surface area (Å²) >= 11 is 18.3. The van der Waals surface area contributed by atoms with E-state index < -0.39 is 0 Å². The van der Waals surface area contributed by atoms with Gasteiger partial charge in [-0.05, 0) is 72.9 Å². The first-order chi connectivity index (χ1) is 15.5. The summed E-state index contributed by atoms with van der Waals surface area (Å²) in [5.41, 5.74) is 2.37. The molecule has 1 aliphatic heterocycles. The molecule has 0 amide bonds. The Morgan fingerprint density at radius 1 is 0.969 bits per heavy atom. The van der Waals surface area contributed by atoms with E-state index in [1.165, 1.54) is 0 Å². The van der Waals surface area contributed by atoms with Gasteiger partial charge in [0.05, 0.1) is 21.8 Å². The van der Waals surface area contributed by atoms with E-state index in [4.69, 9.17) is 39.8 Å². The van der Waals surface area contributed by atoms with E-state index in [9.17, 15) is 5.11 Å². The number of hydrogen-bond donors (Lipinski definition) is 2. The second-order valence-electron chi connectivity index (χ2n) is 7.32. The molecule has 2 aromatic heterocycles. The molecule has 0 unspecified atom stereocenters. The second kappa shape index (κ2) is 8.47. The molecule has 1 saturated heterocycles. The average Bonchev–Trinajstić information content (AvgIpc) is 3.41. The van der Waals surface area contributed by atoms with Gasteiger partial charge in [0, 0.05) is 17.4 Å². The highest BCUT2D eigenvalue weighted by Crippen LogP contribution is 2.44. The quantitative estimate of drug-likeness (QED) is 0.323. The van der Waals surface area contributed by atoms with Crippen LogP contribution in [0.25, 0.3) is 11.3 Å². The smallest absolute Gasteiger partial charge is 0.174 e. The molecule has 1 aliphatic rings. The van der Waals surface area contributed by atoms with E-state index >= 15 is 0 Å². The zero-order chi connectivity index (χ0) is 22.2. The highest BCUT2D eigenvalue weighted by Gasteiger charge is 2.42. The number of thiocarbonyl (C=S) groups is 1. The minimum absolute atomic E-state index is 0.181. The van der Waals surface area contributed by atoms with Crippen molar-refractivity contribution in [2.24, 2.45) is 0 Å². The molecule has 160 valence electrons. The normalized spacial score (nSPS) is 18.1. The molecule has 3 heterocycles. The Bertz CT molecular complexity index is 1280. The van der Waals surface area contributed by atoms with Gasteiger partial charge >= 0.3 is 0 Å². The van der Waals surface area contributed by atoms with Gasteiger partial charge in [-0.3, -0.25) is 4.98 Å². The number of nitrogens with zero attached hydrogens (tertiary/aromatic N) is 2. The number of nitrogens with one attached hydrogen (secondary N) is 1. The molecule has 5 rings (SSSR count). The molecular weight excluding hydrogens is 465 g/mol. The molecule has 4 aromatic rings. The van der Waals surface area contributed by atoms with Gasteiger partial charge in [0.15, 0.2) is 5.11 Å². The highest BCUT2D eigenvalue weighted by atomic mass is 35.5. The first-order valence-corrected chi connectivity index (χ1v) is 11.0. The number of phenols is 1. The third kappa shape index (κ3) is 3.71. The number of furan rings is 1. The zero-order valence-electron chi connectivity index (χ0n) is 16.6. The number of aromatic nitrogens is 1. The number of benzene rings is 2. The van der Waals surface area contributed by atoms with Gasteiger partial charge in [-0.25, -0.2) is 0 Å². The van der Waals surface area contributed by atoms with Crippen LogP contribution in [0, 0.1) is 0 Å². The van der Waals surface area contributed by atoms with Crippen molar-refractivity contribution in [1.82, 2.24) is 10.3 Å². The van der Waals surface area contributed by atoms with E-state index in [2.05, 4.69) is 10.3 Å². The topological polar surface area (TPSA) is 61.5 Å². The average molecular weight is 482 g/mol. The van der Waals surface area contributed by atoms with Gasteiger partial charge < -0.3 is 19.7 Å². The minimum atomic E-state index is -0.311. The Morgan fingerprint density at radius 3 is 2.53 bits per heavy atom. The maximum Gasteiger partial charge on any atom is 0.174 e. The van der Waals surface area contributed by atoms with Gasteiger partial charge in [-0.2, -0.15) is 0 Å². The summed E-state index contributed by atoms with van der Waals surface area (Å²) in [5, 5.41) is 14.5. The monoisotopic (exact) mass is 481 g/mol. The predicted molar refractivity (Wildman–Crippen MR) is 130 cm³/mol. The molecular formula is C24H17Cl2N3O2S. The minimum Gasteiger partial charge on any atom is -0.508 e. The van der Waals surface area contributed by atoms with Crippen molar-refractivity contribution in [1.29, 1.82) is 0 Å². The Morgan fingerprint density at radius 2 is 1.78 bits per heavy atom. The van der Waals surface area contributed by atoms with Gasteiger partial charge in [-0.1, -0.05) is 35.3 Å². The van der Waals surface area contributed by atoms with Gasteiger partial charge in [0.25, 0.3) is 0 Å². The summed E-state index contributed by atoms with van der Waals surface area (Å²) in [4.78, 5) is 6.50. The van der Waals surface area contributed by atoms with Crippen molar-refractivity contribution in [2.75, 3.05) is 4.90 Å². The van der Waals surface area contributed by atoms with E-state index in [1.807, 2.05) is 59.5 Å².